The summed E-state index contributed by atoms with van der Waals surface area (Å²) in [5.74, 6) is -1.02. The van der Waals surface area contributed by atoms with Crippen molar-refractivity contribution in [2.75, 3.05) is 0 Å². The number of carboxylic acids is 1. The third kappa shape index (κ3) is 0.966. The maximum absolute atomic E-state index is 10.7. The molecule has 1 N–H and O–H groups in total. The monoisotopic (exact) mass is 226 g/mol. The van der Waals surface area contributed by atoms with E-state index in [1.54, 1.807) is 0 Å². The van der Waals surface area contributed by atoms with E-state index in [2.05, 4.69) is 15.9 Å². The van der Waals surface area contributed by atoms with E-state index in [9.17, 15) is 4.79 Å². The SMILES string of the molecule is O=C(O)C1Cc2cccc(Br)c21. The van der Waals surface area contributed by atoms with Crippen molar-refractivity contribution in [3.63, 3.8) is 0 Å². The molecule has 0 radical (unpaired) electrons. The molecule has 0 spiro atoms. The second-order valence-electron chi connectivity index (χ2n) is 2.91. The number of carbonyl (C=O) groups is 1. The lowest BCUT2D eigenvalue weighted by Gasteiger charge is -2.27. The smallest absolute Gasteiger partial charge is 0.311 e. The lowest BCUT2D eigenvalue weighted by molar-refractivity contribution is -0.139. The van der Waals surface area contributed by atoms with Crippen molar-refractivity contribution < 1.29 is 9.90 Å². The number of hydrogen-bond donors (Lipinski definition) is 1. The maximum atomic E-state index is 10.7. The van der Waals surface area contributed by atoms with E-state index in [1.807, 2.05) is 18.2 Å². The molecule has 1 aromatic carbocycles. The maximum Gasteiger partial charge on any atom is 0.311 e. The van der Waals surface area contributed by atoms with Crippen molar-refractivity contribution in [1.29, 1.82) is 0 Å². The van der Waals surface area contributed by atoms with Crippen LogP contribution in [-0.2, 0) is 11.2 Å². The van der Waals surface area contributed by atoms with Gasteiger partial charge in [-0.1, -0.05) is 28.1 Å². The largest absolute Gasteiger partial charge is 0.481 e. The molecule has 1 aromatic rings. The van der Waals surface area contributed by atoms with Gasteiger partial charge in [0.15, 0.2) is 0 Å². The number of fused-ring (bicyclic) bond motifs is 1. The van der Waals surface area contributed by atoms with Gasteiger partial charge in [-0.05, 0) is 23.6 Å². The van der Waals surface area contributed by atoms with Crippen LogP contribution in [0, 0.1) is 0 Å². The molecule has 1 aliphatic carbocycles. The van der Waals surface area contributed by atoms with Gasteiger partial charge in [0.05, 0.1) is 5.92 Å². The molecule has 1 atom stereocenters. The molecular weight excluding hydrogens is 220 g/mol. The Morgan fingerprint density at radius 1 is 1.58 bits per heavy atom. The zero-order valence-corrected chi connectivity index (χ0v) is 7.84. The van der Waals surface area contributed by atoms with Crippen LogP contribution in [0.3, 0.4) is 0 Å². The number of aliphatic carboxylic acids is 1. The fourth-order valence-corrected chi connectivity index (χ4v) is 2.24. The Kier molecular flexibility index (Phi) is 1.68. The Hall–Kier alpha value is -0.830. The number of benzene rings is 1. The van der Waals surface area contributed by atoms with Gasteiger partial charge < -0.3 is 5.11 Å². The summed E-state index contributed by atoms with van der Waals surface area (Å²) in [5, 5.41) is 8.78. The predicted octanol–water partition coefficient (Wildman–Crippen LogP) is 2.17. The molecule has 12 heavy (non-hydrogen) atoms. The van der Waals surface area contributed by atoms with Crippen LogP contribution in [-0.4, -0.2) is 11.1 Å². The van der Waals surface area contributed by atoms with E-state index in [0.717, 1.165) is 15.6 Å². The topological polar surface area (TPSA) is 37.3 Å². The van der Waals surface area contributed by atoms with Crippen molar-refractivity contribution in [2.45, 2.75) is 12.3 Å². The first-order valence-electron chi connectivity index (χ1n) is 3.70. The average Bonchev–Trinajstić information content (AvgIpc) is 1.91. The van der Waals surface area contributed by atoms with E-state index in [0.29, 0.717) is 6.42 Å². The highest BCUT2D eigenvalue weighted by molar-refractivity contribution is 9.10. The summed E-state index contributed by atoms with van der Waals surface area (Å²) < 4.78 is 0.915. The normalized spacial score (nSPS) is 19.6. The third-order valence-corrected chi connectivity index (χ3v) is 2.91. The number of halogens is 1. The molecule has 1 aliphatic rings. The number of hydrogen-bond acceptors (Lipinski definition) is 1. The van der Waals surface area contributed by atoms with Crippen LogP contribution in [0.2, 0.25) is 0 Å². The fourth-order valence-electron chi connectivity index (χ4n) is 1.55. The summed E-state index contributed by atoms with van der Waals surface area (Å²) >= 11 is 3.34. The van der Waals surface area contributed by atoms with Crippen LogP contribution in [0.15, 0.2) is 22.7 Å². The zero-order valence-electron chi connectivity index (χ0n) is 6.25. The second kappa shape index (κ2) is 2.59. The summed E-state index contributed by atoms with van der Waals surface area (Å²) in [7, 11) is 0. The van der Waals surface area contributed by atoms with Crippen molar-refractivity contribution in [2.24, 2.45) is 0 Å². The molecule has 2 nitrogen and oxygen atoms in total. The summed E-state index contributed by atoms with van der Waals surface area (Å²) in [6, 6.07) is 5.79. The highest BCUT2D eigenvalue weighted by Gasteiger charge is 2.33. The van der Waals surface area contributed by atoms with E-state index in [1.165, 1.54) is 0 Å². The van der Waals surface area contributed by atoms with Crippen molar-refractivity contribution in [1.82, 2.24) is 0 Å². The highest BCUT2D eigenvalue weighted by atomic mass is 79.9. The molecular formula is C9H7BrO2. The summed E-state index contributed by atoms with van der Waals surface area (Å²) in [4.78, 5) is 10.7. The van der Waals surface area contributed by atoms with E-state index in [4.69, 9.17) is 5.11 Å². The van der Waals surface area contributed by atoms with Crippen LogP contribution in [0.4, 0.5) is 0 Å². The van der Waals surface area contributed by atoms with Crippen molar-refractivity contribution in [3.05, 3.63) is 33.8 Å². The Morgan fingerprint density at radius 2 is 2.33 bits per heavy atom. The van der Waals surface area contributed by atoms with E-state index >= 15 is 0 Å². The van der Waals surface area contributed by atoms with Crippen LogP contribution in [0.25, 0.3) is 0 Å². The second-order valence-corrected chi connectivity index (χ2v) is 3.76. The molecule has 0 fully saturated rings. The molecule has 62 valence electrons. The first-order valence-corrected chi connectivity index (χ1v) is 4.49. The number of carboxylic acid groups (broad SMARTS) is 1. The summed E-state index contributed by atoms with van der Waals surface area (Å²) in [6.07, 6.45) is 0.671. The Labute approximate surface area is 78.3 Å². The quantitative estimate of drug-likeness (QED) is 0.798. The average molecular weight is 227 g/mol. The van der Waals surface area contributed by atoms with Crippen LogP contribution in [0.1, 0.15) is 17.0 Å². The van der Waals surface area contributed by atoms with Gasteiger partial charge in [-0.25, -0.2) is 0 Å². The molecule has 0 amide bonds. The van der Waals surface area contributed by atoms with Gasteiger partial charge in [-0.3, -0.25) is 4.79 Å². The van der Waals surface area contributed by atoms with Gasteiger partial charge in [0.2, 0.25) is 0 Å². The van der Waals surface area contributed by atoms with Gasteiger partial charge in [0.1, 0.15) is 0 Å². The van der Waals surface area contributed by atoms with Crippen LogP contribution in [0.5, 0.6) is 0 Å². The fraction of sp³-hybridized carbons (Fsp3) is 0.222. The van der Waals surface area contributed by atoms with Crippen molar-refractivity contribution >= 4 is 21.9 Å². The zero-order chi connectivity index (χ0) is 8.72. The standard InChI is InChI=1S/C9H7BrO2/c10-7-3-1-2-5-4-6(8(5)7)9(11)12/h1-3,6H,4H2,(H,11,12). The molecule has 0 aromatic heterocycles. The number of rotatable bonds is 1. The Bertz CT molecular complexity index is 332. The minimum atomic E-state index is -0.727. The predicted molar refractivity (Wildman–Crippen MR) is 48.2 cm³/mol. The molecule has 2 rings (SSSR count). The van der Waals surface area contributed by atoms with Crippen molar-refractivity contribution in [3.8, 4) is 0 Å². The van der Waals surface area contributed by atoms with Gasteiger partial charge >= 0.3 is 5.97 Å². The van der Waals surface area contributed by atoms with Crippen LogP contribution >= 0.6 is 15.9 Å². The van der Waals surface area contributed by atoms with Gasteiger partial charge in [-0.15, -0.1) is 0 Å². The van der Waals surface area contributed by atoms with E-state index in [-0.39, 0.29) is 5.92 Å². The lowest BCUT2D eigenvalue weighted by atomic mass is 9.78. The molecule has 0 heterocycles. The minimum Gasteiger partial charge on any atom is -0.481 e. The Balaban J connectivity index is 2.45. The molecule has 3 heteroatoms. The molecule has 0 aliphatic heterocycles. The van der Waals surface area contributed by atoms with Gasteiger partial charge in [0.25, 0.3) is 0 Å². The highest BCUT2D eigenvalue weighted by Crippen LogP contribution is 2.39. The molecule has 0 saturated heterocycles. The lowest BCUT2D eigenvalue weighted by Crippen LogP contribution is -2.25. The summed E-state index contributed by atoms with van der Waals surface area (Å²) in [6.45, 7) is 0. The van der Waals surface area contributed by atoms with Gasteiger partial charge in [0, 0.05) is 4.47 Å². The summed E-state index contributed by atoms with van der Waals surface area (Å²) in [5.41, 5.74) is 2.10. The Morgan fingerprint density at radius 3 is 2.92 bits per heavy atom. The van der Waals surface area contributed by atoms with Crippen LogP contribution < -0.4 is 0 Å². The minimum absolute atomic E-state index is 0.296. The molecule has 1 unspecified atom stereocenters. The van der Waals surface area contributed by atoms with E-state index < -0.39 is 5.97 Å². The first-order chi connectivity index (χ1) is 5.70. The third-order valence-electron chi connectivity index (χ3n) is 2.21. The molecule has 0 bridgehead atoms. The van der Waals surface area contributed by atoms with Gasteiger partial charge in [-0.2, -0.15) is 0 Å². The molecule has 0 saturated carbocycles. The first kappa shape index (κ1) is 7.80.